The first-order valence-electron chi connectivity index (χ1n) is 12.0. The molecule has 1 unspecified atom stereocenters. The summed E-state index contributed by atoms with van der Waals surface area (Å²) in [5.74, 6) is -1.36. The Kier molecular flexibility index (Phi) is 8.71. The van der Waals surface area contributed by atoms with Gasteiger partial charge in [0, 0.05) is 24.7 Å². The quantitative estimate of drug-likeness (QED) is 0.412. The molecule has 204 valence electrons. The number of amides is 1. The van der Waals surface area contributed by atoms with Crippen molar-refractivity contribution in [2.75, 3.05) is 19.9 Å². The largest absolute Gasteiger partial charge is 0.467 e. The molecule has 1 atom stereocenters. The zero-order chi connectivity index (χ0) is 28.9. The van der Waals surface area contributed by atoms with Crippen molar-refractivity contribution in [1.82, 2.24) is 14.9 Å². The molecule has 3 aromatic rings. The van der Waals surface area contributed by atoms with Gasteiger partial charge in [-0.05, 0) is 57.5 Å². The number of nitrogens with zero attached hydrogens (tertiary/aromatic N) is 4. The van der Waals surface area contributed by atoms with E-state index in [9.17, 15) is 19.2 Å². The van der Waals surface area contributed by atoms with E-state index in [0.717, 1.165) is 6.07 Å². The van der Waals surface area contributed by atoms with Crippen LogP contribution in [0, 0.1) is 17.1 Å². The molecule has 2 N–H and O–H groups in total. The van der Waals surface area contributed by atoms with E-state index in [1.807, 2.05) is 0 Å². The molecular weight excluding hydrogens is 505 g/mol. The number of nitrogens with two attached hydrogens (primary N) is 1. The van der Waals surface area contributed by atoms with Crippen LogP contribution in [0.25, 0.3) is 11.3 Å². The van der Waals surface area contributed by atoms with Crippen LogP contribution in [0.15, 0.2) is 42.6 Å². The van der Waals surface area contributed by atoms with Gasteiger partial charge in [0.05, 0.1) is 36.2 Å². The fourth-order valence-corrected chi connectivity index (χ4v) is 3.77. The molecule has 0 fully saturated rings. The van der Waals surface area contributed by atoms with Crippen molar-refractivity contribution in [1.29, 1.82) is 5.26 Å². The van der Waals surface area contributed by atoms with Gasteiger partial charge < -0.3 is 24.8 Å². The normalized spacial score (nSPS) is 11.7. The fraction of sp³-hybridized carbons (Fsp3) is 0.321. The topological polar surface area (TPSA) is 141 Å². The number of anilines is 1. The number of nitrogen functional groups attached to an aromatic ring is 1. The fourth-order valence-electron chi connectivity index (χ4n) is 3.77. The van der Waals surface area contributed by atoms with Crippen LogP contribution >= 0.6 is 0 Å². The number of aromatic nitrogens is 2. The molecule has 1 aromatic heterocycles. The Morgan fingerprint density at radius 3 is 2.59 bits per heavy atom. The minimum Gasteiger partial charge on any atom is -0.467 e. The van der Waals surface area contributed by atoms with Crippen molar-refractivity contribution in [3.8, 4) is 23.2 Å². The van der Waals surface area contributed by atoms with Gasteiger partial charge in [0.15, 0.2) is 5.82 Å². The molecular formula is C28H30FN5O5. The summed E-state index contributed by atoms with van der Waals surface area (Å²) in [6.45, 7) is 7.02. The summed E-state index contributed by atoms with van der Waals surface area (Å²) in [6.07, 6.45) is -0.0126. The second-order valence-corrected chi connectivity index (χ2v) is 9.72. The molecule has 0 bridgehead atoms. The Labute approximate surface area is 226 Å². The molecule has 10 nitrogen and oxygen atoms in total. The summed E-state index contributed by atoms with van der Waals surface area (Å²) in [5, 5.41) is 9.81. The van der Waals surface area contributed by atoms with Crippen LogP contribution in [0.1, 0.15) is 60.8 Å². The number of methoxy groups -OCH3 is 1. The summed E-state index contributed by atoms with van der Waals surface area (Å²) in [7, 11) is 2.80. The van der Waals surface area contributed by atoms with Crippen LogP contribution in [0.2, 0.25) is 0 Å². The Hall–Kier alpha value is -4.72. The average Bonchev–Trinajstić information content (AvgIpc) is 2.88. The third-order valence-corrected chi connectivity index (χ3v) is 5.55. The number of ether oxygens (including phenoxy) is 3. The van der Waals surface area contributed by atoms with Crippen molar-refractivity contribution < 1.29 is 28.2 Å². The SMILES string of the molecule is COC(=O)c1ccc(F)cc1C(C)Oc1nc(-c2c(C#N)cccc2CN(C)C(=O)OC(C)(C)C)cnc1N. The number of carbonyl (C=O) groups is 2. The van der Waals surface area contributed by atoms with Crippen LogP contribution in [0.4, 0.5) is 15.0 Å². The Balaban J connectivity index is 2.00. The van der Waals surface area contributed by atoms with Gasteiger partial charge in [-0.1, -0.05) is 12.1 Å². The maximum Gasteiger partial charge on any atom is 0.410 e. The highest BCUT2D eigenvalue weighted by molar-refractivity contribution is 5.91. The summed E-state index contributed by atoms with van der Waals surface area (Å²) >= 11 is 0. The van der Waals surface area contributed by atoms with Gasteiger partial charge >= 0.3 is 12.1 Å². The molecule has 39 heavy (non-hydrogen) atoms. The zero-order valence-corrected chi connectivity index (χ0v) is 22.6. The van der Waals surface area contributed by atoms with E-state index in [-0.39, 0.29) is 35.1 Å². The number of halogens is 1. The van der Waals surface area contributed by atoms with E-state index in [1.54, 1.807) is 52.9 Å². The lowest BCUT2D eigenvalue weighted by molar-refractivity contribution is 0.0285. The number of nitriles is 1. The third kappa shape index (κ3) is 6.98. The Morgan fingerprint density at radius 2 is 1.95 bits per heavy atom. The monoisotopic (exact) mass is 535 g/mol. The lowest BCUT2D eigenvalue weighted by Crippen LogP contribution is -2.34. The summed E-state index contributed by atoms with van der Waals surface area (Å²) in [5.41, 5.74) is 7.31. The molecule has 3 rings (SSSR count). The van der Waals surface area contributed by atoms with E-state index < -0.39 is 29.6 Å². The van der Waals surface area contributed by atoms with Gasteiger partial charge in [0.1, 0.15) is 17.5 Å². The van der Waals surface area contributed by atoms with E-state index >= 15 is 0 Å². The van der Waals surface area contributed by atoms with Crippen molar-refractivity contribution in [2.45, 2.75) is 45.9 Å². The van der Waals surface area contributed by atoms with Crippen LogP contribution < -0.4 is 10.5 Å². The molecule has 1 amide bonds. The number of carbonyl (C=O) groups excluding carboxylic acids is 2. The predicted octanol–water partition coefficient (Wildman–Crippen LogP) is 5.03. The number of hydrogen-bond acceptors (Lipinski definition) is 9. The first kappa shape index (κ1) is 28.8. The number of esters is 1. The highest BCUT2D eigenvalue weighted by atomic mass is 19.1. The van der Waals surface area contributed by atoms with Crippen LogP contribution in [0.3, 0.4) is 0 Å². The standard InChI is InChI=1S/C28H30FN5O5/c1-16(21-12-19(29)10-11-20(21)26(35)37-6)38-25-24(31)32-14-22(33-25)23-17(13-30)8-7-9-18(23)15-34(5)27(36)39-28(2,3)4/h7-12,14,16H,15H2,1-6H3,(H2,31,32). The minimum atomic E-state index is -0.870. The second-order valence-electron chi connectivity index (χ2n) is 9.72. The third-order valence-electron chi connectivity index (χ3n) is 5.55. The first-order chi connectivity index (χ1) is 18.3. The minimum absolute atomic E-state index is 0.0523. The molecule has 0 saturated carbocycles. The van der Waals surface area contributed by atoms with Gasteiger partial charge in [0.2, 0.25) is 0 Å². The number of benzene rings is 2. The second kappa shape index (κ2) is 11.8. The zero-order valence-electron chi connectivity index (χ0n) is 22.6. The lowest BCUT2D eigenvalue weighted by atomic mass is 9.98. The maximum atomic E-state index is 14.0. The van der Waals surface area contributed by atoms with Crippen molar-refractivity contribution in [3.63, 3.8) is 0 Å². The summed E-state index contributed by atoms with van der Waals surface area (Å²) < 4.78 is 30.2. The van der Waals surface area contributed by atoms with E-state index in [1.165, 1.54) is 30.3 Å². The van der Waals surface area contributed by atoms with Crippen molar-refractivity contribution >= 4 is 17.9 Å². The van der Waals surface area contributed by atoms with E-state index in [0.29, 0.717) is 16.7 Å². The molecule has 1 heterocycles. The smallest absolute Gasteiger partial charge is 0.410 e. The van der Waals surface area contributed by atoms with Crippen molar-refractivity contribution in [2.24, 2.45) is 0 Å². The molecule has 2 aromatic carbocycles. The van der Waals surface area contributed by atoms with E-state index in [4.69, 9.17) is 19.9 Å². The maximum absolute atomic E-state index is 14.0. The van der Waals surface area contributed by atoms with Crippen LogP contribution in [-0.2, 0) is 16.0 Å². The molecule has 0 aliphatic rings. The average molecular weight is 536 g/mol. The Morgan fingerprint density at radius 1 is 1.23 bits per heavy atom. The predicted molar refractivity (Wildman–Crippen MR) is 141 cm³/mol. The lowest BCUT2D eigenvalue weighted by Gasteiger charge is -2.25. The molecule has 0 aliphatic heterocycles. The summed E-state index contributed by atoms with van der Waals surface area (Å²) in [4.78, 5) is 34.8. The first-order valence-corrected chi connectivity index (χ1v) is 12.0. The highest BCUT2D eigenvalue weighted by Crippen LogP contribution is 2.32. The van der Waals surface area contributed by atoms with Crippen LogP contribution in [-0.4, -0.2) is 46.7 Å². The van der Waals surface area contributed by atoms with Gasteiger partial charge in [0.25, 0.3) is 5.88 Å². The summed E-state index contributed by atoms with van der Waals surface area (Å²) in [6, 6.07) is 10.8. The molecule has 11 heteroatoms. The van der Waals surface area contributed by atoms with Gasteiger partial charge in [-0.2, -0.15) is 5.26 Å². The highest BCUT2D eigenvalue weighted by Gasteiger charge is 2.24. The van der Waals surface area contributed by atoms with Crippen molar-refractivity contribution in [3.05, 3.63) is 70.7 Å². The molecule has 0 radical (unpaired) electrons. The van der Waals surface area contributed by atoms with Crippen LogP contribution in [0.5, 0.6) is 5.88 Å². The molecule has 0 aliphatic carbocycles. The van der Waals surface area contributed by atoms with E-state index in [2.05, 4.69) is 16.0 Å². The van der Waals surface area contributed by atoms with Gasteiger partial charge in [-0.15, -0.1) is 0 Å². The number of rotatable bonds is 7. The molecule has 0 spiro atoms. The Bertz CT molecular complexity index is 1430. The van der Waals surface area contributed by atoms with Gasteiger partial charge in [-0.3, -0.25) is 0 Å². The van der Waals surface area contributed by atoms with Gasteiger partial charge in [-0.25, -0.2) is 23.9 Å². The number of hydrogen-bond donors (Lipinski definition) is 1. The molecule has 0 saturated heterocycles.